The van der Waals surface area contributed by atoms with Crippen molar-refractivity contribution in [1.29, 1.82) is 0 Å². The lowest BCUT2D eigenvalue weighted by atomic mass is 10.2. The first kappa shape index (κ1) is 10.8. The summed E-state index contributed by atoms with van der Waals surface area (Å²) in [5.74, 6) is 0. The van der Waals surface area contributed by atoms with Gasteiger partial charge in [-0.1, -0.05) is 15.9 Å². The van der Waals surface area contributed by atoms with Crippen molar-refractivity contribution in [2.45, 2.75) is 0 Å². The minimum Gasteiger partial charge on any atom is -0.292 e. The van der Waals surface area contributed by atoms with Gasteiger partial charge < -0.3 is 0 Å². The molecule has 0 unspecified atom stereocenters. The molecule has 0 fully saturated rings. The molecule has 0 spiro atoms. The fourth-order valence-corrected chi connectivity index (χ4v) is 1.11. The zero-order valence-electron chi connectivity index (χ0n) is 7.39. The topological polar surface area (TPSA) is 55.5 Å². The van der Waals surface area contributed by atoms with Gasteiger partial charge in [-0.15, -0.1) is 0 Å². The molecule has 4 nitrogen and oxygen atoms in total. The summed E-state index contributed by atoms with van der Waals surface area (Å²) in [6.07, 6.45) is 1.70. The van der Waals surface area contributed by atoms with Crippen molar-refractivity contribution in [3.63, 3.8) is 0 Å². The number of rotatable bonds is 4. The van der Waals surface area contributed by atoms with Crippen LogP contribution in [0.15, 0.2) is 29.3 Å². The predicted octanol–water partition coefficient (Wildman–Crippen LogP) is 2.41. The molecule has 0 bridgehead atoms. The number of nitrogens with zero attached hydrogens (tertiary/aromatic N) is 2. The summed E-state index contributed by atoms with van der Waals surface area (Å²) in [6, 6.07) is 6.29. The third-order valence-corrected chi connectivity index (χ3v) is 1.91. The highest BCUT2D eigenvalue weighted by Gasteiger charge is 2.01. The highest BCUT2D eigenvalue weighted by molar-refractivity contribution is 9.09. The van der Waals surface area contributed by atoms with Crippen LogP contribution in [0.2, 0.25) is 0 Å². The first-order valence-electron chi connectivity index (χ1n) is 4.04. The lowest BCUT2D eigenvalue weighted by Crippen LogP contribution is -1.89. The van der Waals surface area contributed by atoms with E-state index in [1.807, 2.05) is 0 Å². The quantitative estimate of drug-likeness (QED) is 0.360. The van der Waals surface area contributed by atoms with Gasteiger partial charge in [-0.3, -0.25) is 15.1 Å². The van der Waals surface area contributed by atoms with Gasteiger partial charge in [0, 0.05) is 30.2 Å². The highest BCUT2D eigenvalue weighted by Crippen LogP contribution is 2.10. The smallest absolute Gasteiger partial charge is 0.269 e. The van der Waals surface area contributed by atoms with Crippen LogP contribution in [0.25, 0.3) is 0 Å². The second kappa shape index (κ2) is 5.49. The largest absolute Gasteiger partial charge is 0.292 e. The van der Waals surface area contributed by atoms with Gasteiger partial charge in [0.15, 0.2) is 0 Å². The molecule has 0 aliphatic rings. The van der Waals surface area contributed by atoms with Gasteiger partial charge in [0.2, 0.25) is 0 Å². The Morgan fingerprint density at radius 1 is 1.43 bits per heavy atom. The minimum atomic E-state index is -0.417. The van der Waals surface area contributed by atoms with Crippen LogP contribution in [0.5, 0.6) is 0 Å². The molecular weight excluding hydrogens is 248 g/mol. The molecule has 1 aromatic carbocycles. The van der Waals surface area contributed by atoms with Crippen molar-refractivity contribution in [2.75, 3.05) is 11.9 Å². The van der Waals surface area contributed by atoms with Crippen LogP contribution < -0.4 is 0 Å². The monoisotopic (exact) mass is 256 g/mol. The third kappa shape index (κ3) is 3.26. The first-order chi connectivity index (χ1) is 6.74. The Kier molecular flexibility index (Phi) is 4.25. The molecule has 0 atom stereocenters. The van der Waals surface area contributed by atoms with Crippen LogP contribution >= 0.6 is 15.9 Å². The van der Waals surface area contributed by atoms with Crippen molar-refractivity contribution in [2.24, 2.45) is 4.99 Å². The van der Waals surface area contributed by atoms with Crippen molar-refractivity contribution < 1.29 is 4.92 Å². The van der Waals surface area contributed by atoms with Gasteiger partial charge in [-0.2, -0.15) is 0 Å². The molecule has 0 saturated carbocycles. The average molecular weight is 257 g/mol. The Morgan fingerprint density at radius 3 is 2.57 bits per heavy atom. The van der Waals surface area contributed by atoms with E-state index >= 15 is 0 Å². The number of halogens is 1. The van der Waals surface area contributed by atoms with Crippen LogP contribution in [0.4, 0.5) is 5.69 Å². The lowest BCUT2D eigenvalue weighted by molar-refractivity contribution is -0.384. The summed E-state index contributed by atoms with van der Waals surface area (Å²) in [4.78, 5) is 14.0. The second-order valence-electron chi connectivity index (χ2n) is 2.57. The van der Waals surface area contributed by atoms with Crippen LogP contribution in [-0.4, -0.2) is 23.0 Å². The van der Waals surface area contributed by atoms with Crippen LogP contribution in [0.3, 0.4) is 0 Å². The number of aliphatic imine (C=N–C) groups is 1. The normalized spacial score (nSPS) is 10.6. The standard InChI is InChI=1S/C9H9BrN2O2/c10-5-6-11-7-8-1-3-9(4-2-8)12(13)14/h1-4,7H,5-6H2. The van der Waals surface area contributed by atoms with Gasteiger partial charge in [-0.05, 0) is 17.7 Å². The molecule has 14 heavy (non-hydrogen) atoms. The summed E-state index contributed by atoms with van der Waals surface area (Å²) in [6.45, 7) is 0.705. The molecule has 5 heteroatoms. The second-order valence-corrected chi connectivity index (χ2v) is 3.37. The SMILES string of the molecule is O=[N+]([O-])c1ccc(C=NCCBr)cc1. The van der Waals surface area contributed by atoms with Gasteiger partial charge in [0.05, 0.1) is 4.92 Å². The van der Waals surface area contributed by atoms with E-state index in [4.69, 9.17) is 0 Å². The Balaban J connectivity index is 2.68. The molecule has 0 heterocycles. The molecule has 0 aliphatic carbocycles. The number of nitro benzene ring substituents is 1. The fraction of sp³-hybridized carbons (Fsp3) is 0.222. The molecule has 0 saturated heterocycles. The number of hydrogen-bond acceptors (Lipinski definition) is 3. The Bertz CT molecular complexity index is 335. The van der Waals surface area contributed by atoms with E-state index in [2.05, 4.69) is 20.9 Å². The summed E-state index contributed by atoms with van der Waals surface area (Å²) >= 11 is 3.25. The molecule has 1 aromatic rings. The summed E-state index contributed by atoms with van der Waals surface area (Å²) in [7, 11) is 0. The summed E-state index contributed by atoms with van der Waals surface area (Å²) < 4.78 is 0. The molecule has 0 N–H and O–H groups in total. The molecule has 74 valence electrons. The van der Waals surface area contributed by atoms with E-state index in [1.165, 1.54) is 12.1 Å². The zero-order chi connectivity index (χ0) is 10.4. The number of hydrogen-bond donors (Lipinski definition) is 0. The highest BCUT2D eigenvalue weighted by atomic mass is 79.9. The van der Waals surface area contributed by atoms with E-state index in [1.54, 1.807) is 18.3 Å². The van der Waals surface area contributed by atoms with E-state index in [9.17, 15) is 10.1 Å². The van der Waals surface area contributed by atoms with Crippen LogP contribution in [0, 0.1) is 10.1 Å². The minimum absolute atomic E-state index is 0.0997. The third-order valence-electron chi connectivity index (χ3n) is 1.56. The first-order valence-corrected chi connectivity index (χ1v) is 5.16. The number of alkyl halides is 1. The van der Waals surface area contributed by atoms with Crippen molar-refractivity contribution in [3.8, 4) is 0 Å². The van der Waals surface area contributed by atoms with Gasteiger partial charge in [-0.25, -0.2) is 0 Å². The molecule has 0 amide bonds. The fourth-order valence-electron chi connectivity index (χ4n) is 0.901. The maximum absolute atomic E-state index is 10.3. The molecule has 0 aromatic heterocycles. The number of non-ortho nitro benzene ring substituents is 1. The van der Waals surface area contributed by atoms with Gasteiger partial charge in [0.25, 0.3) is 5.69 Å². The maximum Gasteiger partial charge on any atom is 0.269 e. The van der Waals surface area contributed by atoms with Crippen molar-refractivity contribution >= 4 is 27.8 Å². The lowest BCUT2D eigenvalue weighted by Gasteiger charge is -1.92. The van der Waals surface area contributed by atoms with Gasteiger partial charge in [0.1, 0.15) is 0 Å². The summed E-state index contributed by atoms with van der Waals surface area (Å²) in [5.41, 5.74) is 0.971. The van der Waals surface area contributed by atoms with E-state index in [0.29, 0.717) is 6.54 Å². The molecule has 0 aliphatic heterocycles. The summed E-state index contributed by atoms with van der Waals surface area (Å²) in [5, 5.41) is 11.2. The molecular formula is C9H9BrN2O2. The Morgan fingerprint density at radius 2 is 2.07 bits per heavy atom. The Hall–Kier alpha value is -1.23. The van der Waals surface area contributed by atoms with Crippen molar-refractivity contribution in [3.05, 3.63) is 39.9 Å². The van der Waals surface area contributed by atoms with Gasteiger partial charge >= 0.3 is 0 Å². The van der Waals surface area contributed by atoms with Crippen LogP contribution in [0.1, 0.15) is 5.56 Å². The average Bonchev–Trinajstić information content (AvgIpc) is 2.19. The zero-order valence-corrected chi connectivity index (χ0v) is 8.98. The van der Waals surface area contributed by atoms with E-state index in [-0.39, 0.29) is 5.69 Å². The van der Waals surface area contributed by atoms with Crippen molar-refractivity contribution in [1.82, 2.24) is 0 Å². The van der Waals surface area contributed by atoms with E-state index < -0.39 is 4.92 Å². The Labute approximate surface area is 89.9 Å². The molecule has 0 radical (unpaired) electrons. The predicted molar refractivity (Wildman–Crippen MR) is 59.4 cm³/mol. The van der Waals surface area contributed by atoms with Crippen LogP contribution in [-0.2, 0) is 0 Å². The number of nitro groups is 1. The maximum atomic E-state index is 10.3. The number of benzene rings is 1. The van der Waals surface area contributed by atoms with E-state index in [0.717, 1.165) is 10.9 Å². The molecule has 1 rings (SSSR count).